The zero-order valence-corrected chi connectivity index (χ0v) is 11.4. The van der Waals surface area contributed by atoms with Crippen molar-refractivity contribution in [3.05, 3.63) is 35.9 Å². The van der Waals surface area contributed by atoms with Crippen molar-refractivity contribution >= 4 is 18.3 Å². The van der Waals surface area contributed by atoms with Crippen LogP contribution < -0.4 is 5.73 Å². The Hall–Kier alpha value is -1.06. The highest BCUT2D eigenvalue weighted by atomic mass is 35.5. The number of carbonyl (C=O) groups is 1. The van der Waals surface area contributed by atoms with Gasteiger partial charge < -0.3 is 10.6 Å². The van der Waals surface area contributed by atoms with Crippen LogP contribution >= 0.6 is 12.4 Å². The smallest absolute Gasteiger partial charge is 0.239 e. The Labute approximate surface area is 109 Å². The Bertz CT molecular complexity index is 339. The van der Waals surface area contributed by atoms with Crippen molar-refractivity contribution in [1.29, 1.82) is 0 Å². The molecule has 0 heterocycles. The molecular weight excluding hydrogens is 236 g/mol. The van der Waals surface area contributed by atoms with Crippen LogP contribution in [0.2, 0.25) is 0 Å². The maximum absolute atomic E-state index is 11.9. The van der Waals surface area contributed by atoms with Gasteiger partial charge in [0.2, 0.25) is 5.91 Å². The standard InChI is InChI=1S/C13H20N2O.ClH/c1-10(2)15(13(16)11(3)14)9-12-7-5-4-6-8-12;/h4-8,10-11H,9,14H2,1-3H3;1H/t11-;/m1./s1. The van der Waals surface area contributed by atoms with E-state index in [-0.39, 0.29) is 24.4 Å². The Morgan fingerprint density at radius 2 is 1.76 bits per heavy atom. The minimum atomic E-state index is -0.439. The third kappa shape index (κ3) is 4.75. The van der Waals surface area contributed by atoms with Gasteiger partial charge in [0.05, 0.1) is 6.04 Å². The molecule has 3 nitrogen and oxygen atoms in total. The summed E-state index contributed by atoms with van der Waals surface area (Å²) in [5, 5.41) is 0. The monoisotopic (exact) mass is 256 g/mol. The summed E-state index contributed by atoms with van der Waals surface area (Å²) in [4.78, 5) is 13.7. The van der Waals surface area contributed by atoms with Gasteiger partial charge in [-0.05, 0) is 26.3 Å². The van der Waals surface area contributed by atoms with Crippen LogP contribution in [-0.2, 0) is 11.3 Å². The first-order valence-electron chi connectivity index (χ1n) is 5.62. The van der Waals surface area contributed by atoms with E-state index < -0.39 is 6.04 Å². The molecule has 0 spiro atoms. The molecule has 0 aliphatic heterocycles. The maximum atomic E-state index is 11.9. The Morgan fingerprint density at radius 1 is 1.24 bits per heavy atom. The second kappa shape index (κ2) is 7.30. The van der Waals surface area contributed by atoms with Gasteiger partial charge in [-0.1, -0.05) is 30.3 Å². The van der Waals surface area contributed by atoms with Gasteiger partial charge in [0.1, 0.15) is 0 Å². The average Bonchev–Trinajstić information content (AvgIpc) is 2.26. The van der Waals surface area contributed by atoms with E-state index in [4.69, 9.17) is 5.73 Å². The summed E-state index contributed by atoms with van der Waals surface area (Å²) < 4.78 is 0. The van der Waals surface area contributed by atoms with E-state index in [1.165, 1.54) is 0 Å². The van der Waals surface area contributed by atoms with Crippen LogP contribution in [0, 0.1) is 0 Å². The SMILES string of the molecule is CC(C)N(Cc1ccccc1)C(=O)[C@@H](C)N.Cl. The number of rotatable bonds is 4. The van der Waals surface area contributed by atoms with E-state index >= 15 is 0 Å². The summed E-state index contributed by atoms with van der Waals surface area (Å²) in [6, 6.07) is 9.68. The molecular formula is C13H21ClN2O. The lowest BCUT2D eigenvalue weighted by atomic mass is 10.1. The van der Waals surface area contributed by atoms with Crippen molar-refractivity contribution in [3.8, 4) is 0 Å². The number of carbonyl (C=O) groups excluding carboxylic acids is 1. The molecule has 1 rings (SSSR count). The van der Waals surface area contributed by atoms with E-state index in [0.29, 0.717) is 6.54 Å². The van der Waals surface area contributed by atoms with E-state index in [1.807, 2.05) is 44.2 Å². The minimum absolute atomic E-state index is 0. The van der Waals surface area contributed by atoms with Crippen LogP contribution in [0.3, 0.4) is 0 Å². The molecule has 2 N–H and O–H groups in total. The van der Waals surface area contributed by atoms with E-state index in [1.54, 1.807) is 11.8 Å². The molecule has 1 aromatic rings. The van der Waals surface area contributed by atoms with Gasteiger partial charge in [-0.2, -0.15) is 0 Å². The quantitative estimate of drug-likeness (QED) is 0.898. The number of nitrogens with two attached hydrogens (primary N) is 1. The third-order valence-electron chi connectivity index (χ3n) is 2.49. The second-order valence-electron chi connectivity index (χ2n) is 4.33. The van der Waals surface area contributed by atoms with Crippen molar-refractivity contribution < 1.29 is 4.79 Å². The van der Waals surface area contributed by atoms with Crippen molar-refractivity contribution in [2.24, 2.45) is 5.73 Å². The van der Waals surface area contributed by atoms with Gasteiger partial charge in [-0.3, -0.25) is 4.79 Å². The van der Waals surface area contributed by atoms with Crippen molar-refractivity contribution in [1.82, 2.24) is 4.90 Å². The molecule has 4 heteroatoms. The zero-order chi connectivity index (χ0) is 12.1. The van der Waals surface area contributed by atoms with Crippen LogP contribution in [-0.4, -0.2) is 22.9 Å². The van der Waals surface area contributed by atoms with E-state index in [0.717, 1.165) is 5.56 Å². The highest BCUT2D eigenvalue weighted by Gasteiger charge is 2.20. The summed E-state index contributed by atoms with van der Waals surface area (Å²) in [6.45, 7) is 6.36. The number of benzene rings is 1. The van der Waals surface area contributed by atoms with Gasteiger partial charge in [0, 0.05) is 12.6 Å². The maximum Gasteiger partial charge on any atom is 0.239 e. The first-order chi connectivity index (χ1) is 7.52. The van der Waals surface area contributed by atoms with Gasteiger partial charge >= 0.3 is 0 Å². The molecule has 0 aromatic heterocycles. The lowest BCUT2D eigenvalue weighted by Gasteiger charge is -2.28. The molecule has 1 atom stereocenters. The molecule has 0 fully saturated rings. The molecule has 1 amide bonds. The first kappa shape index (κ1) is 15.9. The Kier molecular flexibility index (Phi) is 6.85. The van der Waals surface area contributed by atoms with E-state index in [9.17, 15) is 4.79 Å². The molecule has 0 saturated carbocycles. The lowest BCUT2D eigenvalue weighted by Crippen LogP contribution is -2.45. The predicted octanol–water partition coefficient (Wildman–Crippen LogP) is 2.19. The summed E-state index contributed by atoms with van der Waals surface area (Å²) in [6.07, 6.45) is 0. The van der Waals surface area contributed by atoms with Gasteiger partial charge in [0.15, 0.2) is 0 Å². The summed E-state index contributed by atoms with van der Waals surface area (Å²) in [5.41, 5.74) is 6.77. The normalized spacial score (nSPS) is 11.8. The molecule has 0 aliphatic rings. The fourth-order valence-corrected chi connectivity index (χ4v) is 1.56. The number of hydrogen-bond donors (Lipinski definition) is 1. The molecule has 0 saturated heterocycles. The van der Waals surface area contributed by atoms with Gasteiger partial charge in [-0.25, -0.2) is 0 Å². The Balaban J connectivity index is 0.00000256. The average molecular weight is 257 g/mol. The fourth-order valence-electron chi connectivity index (χ4n) is 1.56. The van der Waals surface area contributed by atoms with Crippen LogP contribution in [0.5, 0.6) is 0 Å². The first-order valence-corrected chi connectivity index (χ1v) is 5.62. The number of amides is 1. The van der Waals surface area contributed by atoms with Crippen LogP contribution in [0.1, 0.15) is 26.3 Å². The molecule has 0 bridgehead atoms. The van der Waals surface area contributed by atoms with Crippen LogP contribution in [0.15, 0.2) is 30.3 Å². The fraction of sp³-hybridized carbons (Fsp3) is 0.462. The number of hydrogen-bond acceptors (Lipinski definition) is 2. The van der Waals surface area contributed by atoms with Crippen molar-refractivity contribution in [2.45, 2.75) is 39.4 Å². The summed E-state index contributed by atoms with van der Waals surface area (Å²) >= 11 is 0. The highest BCUT2D eigenvalue weighted by Crippen LogP contribution is 2.09. The summed E-state index contributed by atoms with van der Waals surface area (Å²) in [5.74, 6) is -0.00106. The second-order valence-corrected chi connectivity index (χ2v) is 4.33. The van der Waals surface area contributed by atoms with Crippen molar-refractivity contribution in [2.75, 3.05) is 0 Å². The Morgan fingerprint density at radius 3 is 2.18 bits per heavy atom. The predicted molar refractivity (Wildman–Crippen MR) is 73.0 cm³/mol. The number of halogens is 1. The molecule has 96 valence electrons. The van der Waals surface area contributed by atoms with Gasteiger partial charge in [-0.15, -0.1) is 12.4 Å². The summed E-state index contributed by atoms with van der Waals surface area (Å²) in [7, 11) is 0. The largest absolute Gasteiger partial charge is 0.335 e. The highest BCUT2D eigenvalue weighted by molar-refractivity contribution is 5.85. The molecule has 1 aromatic carbocycles. The molecule has 0 radical (unpaired) electrons. The zero-order valence-electron chi connectivity index (χ0n) is 10.6. The number of nitrogens with zero attached hydrogens (tertiary/aromatic N) is 1. The third-order valence-corrected chi connectivity index (χ3v) is 2.49. The van der Waals surface area contributed by atoms with Crippen molar-refractivity contribution in [3.63, 3.8) is 0 Å². The molecule has 0 unspecified atom stereocenters. The van der Waals surface area contributed by atoms with E-state index in [2.05, 4.69) is 0 Å². The lowest BCUT2D eigenvalue weighted by molar-refractivity contribution is -0.134. The molecule has 0 aliphatic carbocycles. The van der Waals surface area contributed by atoms with Gasteiger partial charge in [0.25, 0.3) is 0 Å². The van der Waals surface area contributed by atoms with Crippen LogP contribution in [0.25, 0.3) is 0 Å². The molecule has 17 heavy (non-hydrogen) atoms. The van der Waals surface area contributed by atoms with Crippen LogP contribution in [0.4, 0.5) is 0 Å². The topological polar surface area (TPSA) is 46.3 Å². The minimum Gasteiger partial charge on any atom is -0.335 e.